The second-order valence-corrected chi connectivity index (χ2v) is 9.10. The molecule has 3 heterocycles. The fourth-order valence-corrected chi connectivity index (χ4v) is 4.85. The molecule has 3 N–H and O–H groups in total. The van der Waals surface area contributed by atoms with Gasteiger partial charge in [-0.25, -0.2) is 17.6 Å². The third-order valence-electron chi connectivity index (χ3n) is 6.52. The van der Waals surface area contributed by atoms with Gasteiger partial charge in [-0.05, 0) is 35.7 Å². The quantitative estimate of drug-likeness (QED) is 0.425. The summed E-state index contributed by atoms with van der Waals surface area (Å²) in [5.74, 6) is -6.41. The summed E-state index contributed by atoms with van der Waals surface area (Å²) in [6, 6.07) is 3.55. The van der Waals surface area contributed by atoms with Crippen LogP contribution in [-0.4, -0.2) is 50.5 Å². The van der Waals surface area contributed by atoms with Crippen molar-refractivity contribution in [3.63, 3.8) is 0 Å². The molecule has 2 unspecified atom stereocenters. The van der Waals surface area contributed by atoms with Crippen LogP contribution in [0.2, 0.25) is 5.02 Å². The van der Waals surface area contributed by atoms with E-state index in [2.05, 4.69) is 5.32 Å². The Morgan fingerprint density at radius 3 is 2.53 bits per heavy atom. The van der Waals surface area contributed by atoms with Crippen LogP contribution < -0.4 is 5.32 Å². The highest BCUT2D eigenvalue weighted by Crippen LogP contribution is 2.36. The van der Waals surface area contributed by atoms with E-state index in [-0.39, 0.29) is 36.3 Å². The lowest BCUT2D eigenvalue weighted by atomic mass is 9.95. The zero-order valence-corrected chi connectivity index (χ0v) is 19.1. The van der Waals surface area contributed by atoms with Crippen molar-refractivity contribution < 1.29 is 37.4 Å². The van der Waals surface area contributed by atoms with E-state index in [1.807, 2.05) is 0 Å². The van der Waals surface area contributed by atoms with E-state index in [1.54, 1.807) is 0 Å². The lowest BCUT2D eigenvalue weighted by molar-refractivity contribution is -0.134. The Kier molecular flexibility index (Phi) is 5.92. The smallest absolute Gasteiger partial charge is 0.274 e. The van der Waals surface area contributed by atoms with E-state index in [0.29, 0.717) is 11.1 Å². The number of amides is 2. The fourth-order valence-electron chi connectivity index (χ4n) is 4.67. The van der Waals surface area contributed by atoms with E-state index in [0.717, 1.165) is 24.3 Å². The second-order valence-electron chi connectivity index (χ2n) is 8.72. The second kappa shape index (κ2) is 8.82. The molecule has 7 nitrogen and oxygen atoms in total. The molecule has 0 spiro atoms. The van der Waals surface area contributed by atoms with Crippen LogP contribution in [0.15, 0.2) is 47.5 Å². The summed E-state index contributed by atoms with van der Waals surface area (Å²) in [7, 11) is 0. The molecule has 2 aromatic rings. The lowest BCUT2D eigenvalue weighted by Crippen LogP contribution is -2.55. The highest BCUT2D eigenvalue weighted by molar-refractivity contribution is 6.30. The predicted molar refractivity (Wildman–Crippen MR) is 118 cm³/mol. The molecule has 0 aromatic heterocycles. The van der Waals surface area contributed by atoms with Gasteiger partial charge in [0.15, 0.2) is 17.4 Å². The van der Waals surface area contributed by atoms with E-state index in [1.165, 1.54) is 16.0 Å². The average molecular weight is 524 g/mol. The maximum atomic E-state index is 14.2. The maximum absolute atomic E-state index is 14.2. The van der Waals surface area contributed by atoms with Gasteiger partial charge in [-0.2, -0.15) is 0 Å². The highest BCUT2D eigenvalue weighted by atomic mass is 35.5. The summed E-state index contributed by atoms with van der Waals surface area (Å²) in [6.45, 7) is -0.292. The SMILES string of the molecule is O=C(NCc1ccc(F)c(Cl)c1F)C1=CN2C(=C(O)C1O)C(=O)N1Cc3cc(F)c(F)cc3CC2C1. The first-order valence-corrected chi connectivity index (χ1v) is 11.2. The zero-order chi connectivity index (χ0) is 25.9. The Balaban J connectivity index is 1.45. The van der Waals surface area contributed by atoms with E-state index in [4.69, 9.17) is 11.6 Å². The van der Waals surface area contributed by atoms with Gasteiger partial charge in [-0.1, -0.05) is 17.7 Å². The zero-order valence-electron chi connectivity index (χ0n) is 18.4. The van der Waals surface area contributed by atoms with Gasteiger partial charge in [0, 0.05) is 31.4 Å². The number of halogens is 5. The minimum absolute atomic E-state index is 0.0224. The summed E-state index contributed by atoms with van der Waals surface area (Å²) in [5, 5.41) is 22.9. The number of rotatable bonds is 3. The summed E-state index contributed by atoms with van der Waals surface area (Å²) < 4.78 is 55.3. The molecule has 0 radical (unpaired) electrons. The fraction of sp³-hybridized carbons (Fsp3) is 0.250. The number of piperazine rings is 1. The van der Waals surface area contributed by atoms with Gasteiger partial charge in [0.1, 0.15) is 28.5 Å². The molecule has 1 fully saturated rings. The summed E-state index contributed by atoms with van der Waals surface area (Å²) in [5.41, 5.74) is 0.178. The molecule has 1 saturated heterocycles. The van der Waals surface area contributed by atoms with Crippen molar-refractivity contribution in [2.75, 3.05) is 6.54 Å². The van der Waals surface area contributed by atoms with Gasteiger partial charge < -0.3 is 25.3 Å². The maximum Gasteiger partial charge on any atom is 0.274 e. The molecule has 188 valence electrons. The molecular weight excluding hydrogens is 506 g/mol. The molecule has 3 aliphatic rings. The van der Waals surface area contributed by atoms with Crippen LogP contribution >= 0.6 is 11.6 Å². The third-order valence-corrected chi connectivity index (χ3v) is 6.87. The normalized spacial score (nSPS) is 21.1. The molecule has 2 bridgehead atoms. The summed E-state index contributed by atoms with van der Waals surface area (Å²) >= 11 is 5.56. The largest absolute Gasteiger partial charge is 0.507 e. The number of fused-ring (bicyclic) bond motifs is 5. The average Bonchev–Trinajstić information content (AvgIpc) is 3.00. The van der Waals surface area contributed by atoms with Crippen molar-refractivity contribution >= 4 is 23.4 Å². The summed E-state index contributed by atoms with van der Waals surface area (Å²) in [6.07, 6.45) is -0.498. The molecule has 0 saturated carbocycles. The first kappa shape index (κ1) is 24.1. The van der Waals surface area contributed by atoms with Crippen molar-refractivity contribution in [1.82, 2.24) is 15.1 Å². The first-order valence-electron chi connectivity index (χ1n) is 10.8. The molecule has 12 heteroatoms. The van der Waals surface area contributed by atoms with Crippen LogP contribution in [0.5, 0.6) is 0 Å². The van der Waals surface area contributed by atoms with Crippen molar-refractivity contribution in [3.05, 3.63) is 92.5 Å². The van der Waals surface area contributed by atoms with Crippen LogP contribution in [0.3, 0.4) is 0 Å². The molecule has 2 amide bonds. The third kappa shape index (κ3) is 3.88. The molecule has 2 atom stereocenters. The number of nitrogens with zero attached hydrogens (tertiary/aromatic N) is 2. The first-order chi connectivity index (χ1) is 17.1. The molecular formula is C24H18ClF4N3O4. The number of hydrogen-bond acceptors (Lipinski definition) is 5. The molecule has 36 heavy (non-hydrogen) atoms. The Labute approximate surface area is 206 Å². The molecule has 0 aliphatic carbocycles. The van der Waals surface area contributed by atoms with Crippen LogP contribution in [0, 0.1) is 23.3 Å². The lowest BCUT2D eigenvalue weighted by Gasteiger charge is -2.43. The molecule has 5 rings (SSSR count). The van der Waals surface area contributed by atoms with Crippen LogP contribution in [0.25, 0.3) is 0 Å². The van der Waals surface area contributed by atoms with E-state index in [9.17, 15) is 37.4 Å². The van der Waals surface area contributed by atoms with Gasteiger partial charge in [0.2, 0.25) is 0 Å². The minimum atomic E-state index is -1.86. The van der Waals surface area contributed by atoms with Crippen LogP contribution in [0.1, 0.15) is 16.7 Å². The van der Waals surface area contributed by atoms with Crippen molar-refractivity contribution in [3.8, 4) is 0 Å². The number of nitrogens with one attached hydrogen (secondary N) is 1. The standard InChI is InChI=1S/C24H18ClF4N3O4/c25-18-15(26)2-1-10(19(18)29)6-30-23(35)14-9-32-13-3-11-4-16(27)17(28)5-12(11)7-31(8-13)24(36)20(32)22(34)21(14)33/h1-2,4-5,9,13,21,33-34H,3,6-8H2,(H,30,35). The number of aliphatic hydroxyl groups is 2. The van der Waals surface area contributed by atoms with Crippen molar-refractivity contribution in [2.24, 2.45) is 0 Å². The highest BCUT2D eigenvalue weighted by Gasteiger charge is 2.45. The number of aliphatic hydroxyl groups excluding tert-OH is 2. The summed E-state index contributed by atoms with van der Waals surface area (Å²) in [4.78, 5) is 28.6. The monoisotopic (exact) mass is 523 g/mol. The van der Waals surface area contributed by atoms with Gasteiger partial charge in [0.25, 0.3) is 11.8 Å². The minimum Gasteiger partial charge on any atom is -0.507 e. The Morgan fingerprint density at radius 2 is 1.81 bits per heavy atom. The molecule has 2 aromatic carbocycles. The number of benzene rings is 2. The Hall–Kier alpha value is -3.57. The van der Waals surface area contributed by atoms with Gasteiger partial charge in [0.05, 0.1) is 11.6 Å². The topological polar surface area (TPSA) is 93.1 Å². The Bertz CT molecular complexity index is 1380. The number of carbonyl (C=O) groups excluding carboxylic acids is 2. The van der Waals surface area contributed by atoms with E-state index < -0.39 is 64.6 Å². The number of carbonyl (C=O) groups is 2. The van der Waals surface area contributed by atoms with Crippen molar-refractivity contribution in [2.45, 2.75) is 31.7 Å². The van der Waals surface area contributed by atoms with Gasteiger partial charge in [-0.15, -0.1) is 0 Å². The predicted octanol–water partition coefficient (Wildman–Crippen LogP) is 2.81. The van der Waals surface area contributed by atoms with Crippen molar-refractivity contribution in [1.29, 1.82) is 0 Å². The van der Waals surface area contributed by atoms with Crippen LogP contribution in [0.4, 0.5) is 17.6 Å². The Morgan fingerprint density at radius 1 is 1.11 bits per heavy atom. The van der Waals surface area contributed by atoms with Crippen LogP contribution in [-0.2, 0) is 29.1 Å². The molecule has 3 aliphatic heterocycles. The van der Waals surface area contributed by atoms with E-state index >= 15 is 0 Å². The number of hydrogen-bond donors (Lipinski definition) is 3. The van der Waals surface area contributed by atoms with Gasteiger partial charge in [-0.3, -0.25) is 9.59 Å². The van der Waals surface area contributed by atoms with Gasteiger partial charge >= 0.3 is 0 Å².